The third-order valence-electron chi connectivity index (χ3n) is 2.33. The quantitative estimate of drug-likeness (QED) is 0.791. The van der Waals surface area contributed by atoms with Crippen LogP contribution in [0.15, 0.2) is 42.7 Å². The van der Waals surface area contributed by atoms with E-state index in [1.54, 1.807) is 18.5 Å². The fourth-order valence-corrected chi connectivity index (χ4v) is 1.39. The second-order valence-electron chi connectivity index (χ2n) is 3.80. The van der Waals surface area contributed by atoms with Gasteiger partial charge in [-0.15, -0.1) is 0 Å². The van der Waals surface area contributed by atoms with Gasteiger partial charge in [0.1, 0.15) is 5.75 Å². The van der Waals surface area contributed by atoms with Crippen LogP contribution in [-0.4, -0.2) is 22.5 Å². The molecule has 0 radical (unpaired) electrons. The van der Waals surface area contributed by atoms with Gasteiger partial charge in [0.15, 0.2) is 6.61 Å². The van der Waals surface area contributed by atoms with Gasteiger partial charge in [0, 0.05) is 12.4 Å². The van der Waals surface area contributed by atoms with Gasteiger partial charge in [0.2, 0.25) is 5.95 Å². The molecule has 0 unspecified atom stereocenters. The molecule has 19 heavy (non-hydrogen) atoms. The lowest BCUT2D eigenvalue weighted by atomic mass is 10.2. The van der Waals surface area contributed by atoms with Crippen molar-refractivity contribution >= 4 is 11.9 Å². The highest BCUT2D eigenvalue weighted by atomic mass is 16.5. The molecule has 98 valence electrons. The minimum atomic E-state index is -0.310. The van der Waals surface area contributed by atoms with Crippen molar-refractivity contribution in [2.24, 2.45) is 0 Å². The molecule has 1 aromatic carbocycles. The summed E-state index contributed by atoms with van der Waals surface area (Å²) in [4.78, 5) is 19.4. The van der Waals surface area contributed by atoms with E-state index >= 15 is 0 Å². The first-order chi connectivity index (χ1) is 9.25. The number of hydrogen-bond acceptors (Lipinski definition) is 5. The molecule has 0 aliphatic carbocycles. The number of aromatic nitrogens is 2. The number of carbonyl (C=O) groups is 1. The minimum Gasteiger partial charge on any atom is -0.483 e. The highest BCUT2D eigenvalue weighted by Gasteiger charge is 2.04. The van der Waals surface area contributed by atoms with Crippen molar-refractivity contribution in [2.75, 3.05) is 12.0 Å². The number of amides is 1. The summed E-state index contributed by atoms with van der Waals surface area (Å²) < 4.78 is 5.39. The number of rotatable bonds is 5. The lowest BCUT2D eigenvalue weighted by Gasteiger charge is -2.09. The smallest absolute Gasteiger partial charge is 0.276 e. The second kappa shape index (κ2) is 6.34. The summed E-state index contributed by atoms with van der Waals surface area (Å²) in [7, 11) is 0. The number of para-hydroxylation sites is 1. The molecule has 6 heteroatoms. The van der Waals surface area contributed by atoms with E-state index in [2.05, 4.69) is 20.8 Å². The number of carbonyl (C=O) groups excluding carboxylic acids is 1. The molecule has 0 atom stereocenters. The van der Waals surface area contributed by atoms with Crippen LogP contribution in [0.1, 0.15) is 5.56 Å². The molecule has 2 N–H and O–H groups in total. The number of nitrogens with one attached hydrogen (secondary N) is 2. The van der Waals surface area contributed by atoms with Crippen LogP contribution in [0, 0.1) is 6.92 Å². The van der Waals surface area contributed by atoms with E-state index in [-0.39, 0.29) is 12.5 Å². The molecular formula is C13H14N4O2. The summed E-state index contributed by atoms with van der Waals surface area (Å²) in [6, 6.07) is 9.20. The zero-order chi connectivity index (χ0) is 13.5. The molecule has 0 aliphatic rings. The Hall–Kier alpha value is -2.63. The molecule has 0 fully saturated rings. The second-order valence-corrected chi connectivity index (χ2v) is 3.80. The van der Waals surface area contributed by atoms with Crippen LogP contribution in [0.2, 0.25) is 0 Å². The van der Waals surface area contributed by atoms with Gasteiger partial charge in [-0.05, 0) is 24.6 Å². The number of anilines is 1. The fourth-order valence-electron chi connectivity index (χ4n) is 1.39. The van der Waals surface area contributed by atoms with Crippen molar-refractivity contribution in [3.63, 3.8) is 0 Å². The van der Waals surface area contributed by atoms with Gasteiger partial charge in [-0.25, -0.2) is 9.97 Å². The van der Waals surface area contributed by atoms with Gasteiger partial charge in [-0.1, -0.05) is 18.2 Å². The molecule has 0 bridgehead atoms. The maximum Gasteiger partial charge on any atom is 0.276 e. The van der Waals surface area contributed by atoms with Crippen LogP contribution >= 0.6 is 0 Å². The predicted molar refractivity (Wildman–Crippen MR) is 70.5 cm³/mol. The Labute approximate surface area is 110 Å². The van der Waals surface area contributed by atoms with Crippen LogP contribution < -0.4 is 15.6 Å². The highest BCUT2D eigenvalue weighted by Crippen LogP contribution is 2.15. The van der Waals surface area contributed by atoms with Crippen LogP contribution in [0.25, 0.3) is 0 Å². The third-order valence-corrected chi connectivity index (χ3v) is 2.33. The van der Waals surface area contributed by atoms with Crippen LogP contribution in [0.4, 0.5) is 5.95 Å². The Morgan fingerprint density at radius 3 is 2.68 bits per heavy atom. The molecular weight excluding hydrogens is 244 g/mol. The zero-order valence-electron chi connectivity index (χ0n) is 10.5. The molecule has 1 aromatic heterocycles. The Balaban J connectivity index is 1.78. The third kappa shape index (κ3) is 3.95. The number of ether oxygens (including phenoxy) is 1. The van der Waals surface area contributed by atoms with E-state index in [0.717, 1.165) is 5.56 Å². The molecule has 6 nitrogen and oxygen atoms in total. The Bertz CT molecular complexity index is 545. The van der Waals surface area contributed by atoms with Crippen molar-refractivity contribution in [2.45, 2.75) is 6.92 Å². The SMILES string of the molecule is Cc1ccccc1OCC(=O)NNc1ncccn1. The number of benzene rings is 1. The predicted octanol–water partition coefficient (Wildman–Crippen LogP) is 1.31. The van der Waals surface area contributed by atoms with Crippen molar-refractivity contribution in [3.05, 3.63) is 48.3 Å². The topological polar surface area (TPSA) is 76.1 Å². The molecule has 0 spiro atoms. The maximum atomic E-state index is 11.5. The summed E-state index contributed by atoms with van der Waals surface area (Å²) in [5.74, 6) is 0.705. The molecule has 1 heterocycles. The standard InChI is InChI=1S/C13H14N4O2/c1-10-5-2-3-6-11(10)19-9-12(18)16-17-13-14-7-4-8-15-13/h2-8H,9H2,1H3,(H,16,18)(H,14,15,17). The number of nitrogens with zero attached hydrogens (tertiary/aromatic N) is 2. The number of aryl methyl sites for hydroxylation is 1. The first-order valence-corrected chi connectivity index (χ1v) is 5.76. The van der Waals surface area contributed by atoms with Crippen molar-refractivity contribution in [1.29, 1.82) is 0 Å². The first-order valence-electron chi connectivity index (χ1n) is 5.76. The van der Waals surface area contributed by atoms with E-state index in [1.165, 1.54) is 0 Å². The lowest BCUT2D eigenvalue weighted by molar-refractivity contribution is -0.122. The Kier molecular flexibility index (Phi) is 4.28. The van der Waals surface area contributed by atoms with Crippen molar-refractivity contribution in [3.8, 4) is 5.75 Å². The van der Waals surface area contributed by atoms with E-state index in [1.807, 2.05) is 31.2 Å². The van der Waals surface area contributed by atoms with Crippen molar-refractivity contribution in [1.82, 2.24) is 15.4 Å². The minimum absolute atomic E-state index is 0.0787. The van der Waals surface area contributed by atoms with E-state index < -0.39 is 0 Å². The largest absolute Gasteiger partial charge is 0.483 e. The Morgan fingerprint density at radius 2 is 1.95 bits per heavy atom. The van der Waals surface area contributed by atoms with E-state index in [0.29, 0.717) is 11.7 Å². The number of hydrazine groups is 1. The molecule has 0 aliphatic heterocycles. The van der Waals surface area contributed by atoms with Crippen LogP contribution in [0.5, 0.6) is 5.75 Å². The lowest BCUT2D eigenvalue weighted by Crippen LogP contribution is -2.34. The van der Waals surface area contributed by atoms with E-state index in [4.69, 9.17) is 4.74 Å². The molecule has 0 saturated carbocycles. The summed E-state index contributed by atoms with van der Waals surface area (Å²) in [5.41, 5.74) is 6.02. The summed E-state index contributed by atoms with van der Waals surface area (Å²) in [6.45, 7) is 1.84. The fraction of sp³-hybridized carbons (Fsp3) is 0.154. The van der Waals surface area contributed by atoms with Gasteiger partial charge < -0.3 is 4.74 Å². The highest BCUT2D eigenvalue weighted by molar-refractivity contribution is 5.78. The average molecular weight is 258 g/mol. The summed E-state index contributed by atoms with van der Waals surface area (Å²) >= 11 is 0. The van der Waals surface area contributed by atoms with Crippen LogP contribution in [0.3, 0.4) is 0 Å². The maximum absolute atomic E-state index is 11.5. The number of hydrogen-bond donors (Lipinski definition) is 2. The zero-order valence-corrected chi connectivity index (χ0v) is 10.5. The monoisotopic (exact) mass is 258 g/mol. The molecule has 2 aromatic rings. The van der Waals surface area contributed by atoms with Gasteiger partial charge >= 0.3 is 0 Å². The first kappa shape index (κ1) is 12.8. The normalized spacial score (nSPS) is 9.74. The summed E-state index contributed by atoms with van der Waals surface area (Å²) in [6.07, 6.45) is 3.15. The van der Waals surface area contributed by atoms with E-state index in [9.17, 15) is 4.79 Å². The summed E-state index contributed by atoms with van der Waals surface area (Å²) in [5, 5.41) is 0. The van der Waals surface area contributed by atoms with Gasteiger partial charge in [-0.3, -0.25) is 15.6 Å². The van der Waals surface area contributed by atoms with Gasteiger partial charge in [-0.2, -0.15) is 0 Å². The van der Waals surface area contributed by atoms with Crippen LogP contribution in [-0.2, 0) is 4.79 Å². The van der Waals surface area contributed by atoms with Gasteiger partial charge in [0.25, 0.3) is 5.91 Å². The molecule has 1 amide bonds. The van der Waals surface area contributed by atoms with Gasteiger partial charge in [0.05, 0.1) is 0 Å². The average Bonchev–Trinajstić information content (AvgIpc) is 2.45. The Morgan fingerprint density at radius 1 is 1.21 bits per heavy atom. The van der Waals surface area contributed by atoms with Crippen molar-refractivity contribution < 1.29 is 9.53 Å². The molecule has 2 rings (SSSR count). The molecule has 0 saturated heterocycles.